The molecule has 85 heavy (non-hydrogen) atoms. The van der Waals surface area contributed by atoms with E-state index >= 15 is 0 Å². The van der Waals surface area contributed by atoms with Crippen LogP contribution in [0.15, 0.2) is 206 Å². The van der Waals surface area contributed by atoms with Gasteiger partial charge in [0.1, 0.15) is 0 Å². The average Bonchev–Trinajstić information content (AvgIpc) is 1.71. The van der Waals surface area contributed by atoms with Gasteiger partial charge in [0.05, 0.1) is 0 Å². The van der Waals surface area contributed by atoms with Crippen LogP contribution in [0.4, 0.5) is 45.5 Å². The molecule has 0 saturated carbocycles. The second kappa shape index (κ2) is 18.8. The van der Waals surface area contributed by atoms with Crippen molar-refractivity contribution in [3.05, 3.63) is 251 Å². The summed E-state index contributed by atoms with van der Waals surface area (Å²) in [6.07, 6.45) is 4.63. The van der Waals surface area contributed by atoms with Crippen LogP contribution in [0.2, 0.25) is 0 Å². The van der Waals surface area contributed by atoms with E-state index in [9.17, 15) is 0 Å². The lowest BCUT2D eigenvalue weighted by molar-refractivity contribution is 0.332. The molecule has 0 atom stereocenters. The predicted octanol–water partition coefficient (Wildman–Crippen LogP) is 20.8. The molecule has 2 aliphatic heterocycles. The van der Waals surface area contributed by atoms with Crippen molar-refractivity contribution in [3.8, 4) is 44.5 Å². The van der Waals surface area contributed by atoms with E-state index in [1.165, 1.54) is 141 Å². The fourth-order valence-corrected chi connectivity index (χ4v) is 16.1. The number of hydrogen-bond donors (Lipinski definition) is 0. The van der Waals surface area contributed by atoms with Gasteiger partial charge >= 0.3 is 6.85 Å². The SMILES string of the molecule is Cc1cc2c3c(c1)N(c1cc4c(cc1C)C(C)(C)CCC4(C)C)c1ccc(N(c4cccc(-c5ccccc5)c4)c4cccc(-c5ccccc5)c4)cc1B3N(c1ccc3c(c1)C(C)(C)CCC3(C)C)c1c-2ccc2c1-c1ccccc1C2(C)C. The van der Waals surface area contributed by atoms with Crippen LogP contribution in [0.1, 0.15) is 139 Å². The summed E-state index contributed by atoms with van der Waals surface area (Å²) in [5, 5.41) is 0. The molecule has 0 bridgehead atoms. The number of benzene rings is 10. The van der Waals surface area contributed by atoms with E-state index in [0.717, 1.165) is 29.9 Å². The molecule has 10 aromatic rings. The molecule has 0 spiro atoms. The molecule has 0 radical (unpaired) electrons. The van der Waals surface area contributed by atoms with Gasteiger partial charge in [-0.25, -0.2) is 0 Å². The van der Waals surface area contributed by atoms with Crippen LogP contribution >= 0.6 is 0 Å². The van der Waals surface area contributed by atoms with E-state index < -0.39 is 0 Å². The van der Waals surface area contributed by atoms with E-state index in [1.54, 1.807) is 0 Å². The van der Waals surface area contributed by atoms with Crippen molar-refractivity contribution in [3.63, 3.8) is 0 Å². The zero-order valence-corrected chi connectivity index (χ0v) is 51.9. The quantitative estimate of drug-likeness (QED) is 0.147. The molecular formula is C81H78BN3. The molecule has 0 N–H and O–H groups in total. The first-order chi connectivity index (χ1) is 40.7. The monoisotopic (exact) mass is 1100 g/mol. The Kier molecular flexibility index (Phi) is 11.8. The van der Waals surface area contributed by atoms with Crippen LogP contribution in [0.25, 0.3) is 44.5 Å². The van der Waals surface area contributed by atoms with Gasteiger partial charge in [0.15, 0.2) is 0 Å². The van der Waals surface area contributed by atoms with Gasteiger partial charge in [-0.15, -0.1) is 0 Å². The van der Waals surface area contributed by atoms with Crippen LogP contribution in [0, 0.1) is 13.8 Å². The Morgan fingerprint density at radius 2 is 0.918 bits per heavy atom. The second-order valence-corrected chi connectivity index (χ2v) is 28.8. The largest absolute Gasteiger partial charge is 0.376 e. The van der Waals surface area contributed by atoms with Crippen LogP contribution < -0.4 is 25.5 Å². The molecular weight excluding hydrogens is 1030 g/mol. The molecule has 420 valence electrons. The summed E-state index contributed by atoms with van der Waals surface area (Å²) < 4.78 is 0. The highest BCUT2D eigenvalue weighted by Crippen LogP contribution is 2.60. The van der Waals surface area contributed by atoms with E-state index in [4.69, 9.17) is 0 Å². The van der Waals surface area contributed by atoms with Crippen molar-refractivity contribution in [2.75, 3.05) is 14.6 Å². The third-order valence-electron chi connectivity index (χ3n) is 21.1. The van der Waals surface area contributed by atoms with Crippen molar-refractivity contribution >= 4 is 63.3 Å². The molecule has 3 aliphatic carbocycles. The predicted molar refractivity (Wildman–Crippen MR) is 363 cm³/mol. The standard InChI is InChI=1S/C81H78BN3/c1-51-43-63-61-35-37-66-74(62-31-19-20-32-64(62)81(66,11)12)76(61)85(60-33-36-65-68(48-60)79(7,8)40-39-77(65,3)4)82-70-49-59(34-38-71(70)84(73(44-51)75(63)82)72-50-69-67(45-52(72)2)78(5,6)41-42-80(69,9)10)83(57-29-21-27-55(46-57)53-23-15-13-16-24-53)58-30-22-28-56(47-58)54-25-17-14-18-26-54/h13-38,43-50H,39-42H2,1-12H3. The topological polar surface area (TPSA) is 9.72 Å². The Morgan fingerprint density at radius 1 is 0.376 bits per heavy atom. The fourth-order valence-electron chi connectivity index (χ4n) is 16.1. The lowest BCUT2D eigenvalue weighted by Gasteiger charge is -2.48. The van der Waals surface area contributed by atoms with Gasteiger partial charge in [-0.3, -0.25) is 0 Å². The van der Waals surface area contributed by atoms with Crippen molar-refractivity contribution in [1.29, 1.82) is 0 Å². The number of fused-ring (bicyclic) bond motifs is 10. The van der Waals surface area contributed by atoms with E-state index in [2.05, 4.69) is 304 Å². The molecule has 0 amide bonds. The maximum Gasteiger partial charge on any atom is 0.333 e. The molecule has 10 aromatic carbocycles. The first kappa shape index (κ1) is 53.4. The van der Waals surface area contributed by atoms with E-state index in [-0.39, 0.29) is 33.9 Å². The summed E-state index contributed by atoms with van der Waals surface area (Å²) in [7, 11) is 0. The number of rotatable bonds is 7. The second-order valence-electron chi connectivity index (χ2n) is 28.8. The summed E-state index contributed by atoms with van der Waals surface area (Å²) in [6, 6.07) is 79.6. The highest BCUT2D eigenvalue weighted by molar-refractivity contribution is 6.93. The minimum absolute atomic E-state index is 0.00325. The summed E-state index contributed by atoms with van der Waals surface area (Å²) >= 11 is 0. The maximum atomic E-state index is 2.84. The summed E-state index contributed by atoms with van der Waals surface area (Å²) in [5.41, 5.74) is 33.5. The summed E-state index contributed by atoms with van der Waals surface area (Å²) in [4.78, 5) is 8.05. The molecule has 2 heterocycles. The first-order valence-corrected chi connectivity index (χ1v) is 31.3. The van der Waals surface area contributed by atoms with Crippen molar-refractivity contribution < 1.29 is 0 Å². The Balaban J connectivity index is 1.06. The van der Waals surface area contributed by atoms with Gasteiger partial charge in [0.2, 0.25) is 0 Å². The van der Waals surface area contributed by atoms with Gasteiger partial charge in [-0.1, -0.05) is 209 Å². The van der Waals surface area contributed by atoms with E-state index in [0.29, 0.717) is 0 Å². The number of nitrogens with zero attached hydrogens (tertiary/aromatic N) is 3. The van der Waals surface area contributed by atoms with Crippen LogP contribution in [-0.2, 0) is 27.1 Å². The van der Waals surface area contributed by atoms with Gasteiger partial charge in [0.25, 0.3) is 0 Å². The third kappa shape index (κ3) is 8.21. The smallest absolute Gasteiger partial charge is 0.333 e. The van der Waals surface area contributed by atoms with Crippen molar-refractivity contribution in [2.45, 2.75) is 136 Å². The molecule has 0 fully saturated rings. The molecule has 0 aromatic heterocycles. The Bertz CT molecular complexity index is 4300. The molecule has 0 saturated heterocycles. The van der Waals surface area contributed by atoms with Crippen molar-refractivity contribution in [2.24, 2.45) is 0 Å². The highest BCUT2D eigenvalue weighted by Gasteiger charge is 2.50. The van der Waals surface area contributed by atoms with E-state index in [1.807, 2.05) is 0 Å². The minimum atomic E-state index is -0.217. The Morgan fingerprint density at radius 3 is 1.55 bits per heavy atom. The average molecular weight is 1100 g/mol. The highest BCUT2D eigenvalue weighted by atomic mass is 15.2. The normalized spacial score (nSPS) is 17.4. The van der Waals surface area contributed by atoms with Gasteiger partial charge in [0, 0.05) is 62.0 Å². The Labute approximate surface area is 506 Å². The molecule has 5 aliphatic rings. The van der Waals surface area contributed by atoms with Crippen molar-refractivity contribution in [1.82, 2.24) is 0 Å². The van der Waals surface area contributed by atoms with Crippen LogP contribution in [0.3, 0.4) is 0 Å². The molecule has 4 heteroatoms. The maximum absolute atomic E-state index is 2.84. The van der Waals surface area contributed by atoms with Crippen LogP contribution in [-0.4, -0.2) is 6.85 Å². The summed E-state index contributed by atoms with van der Waals surface area (Å²) in [6.45, 7) is 29.1. The zero-order valence-electron chi connectivity index (χ0n) is 51.9. The zero-order chi connectivity index (χ0) is 58.7. The summed E-state index contributed by atoms with van der Waals surface area (Å²) in [5.74, 6) is 0. The first-order valence-electron chi connectivity index (χ1n) is 31.3. The van der Waals surface area contributed by atoms with Gasteiger partial charge in [-0.2, -0.15) is 0 Å². The van der Waals surface area contributed by atoms with Gasteiger partial charge in [-0.05, 0) is 217 Å². The molecule has 0 unspecified atom stereocenters. The lowest BCUT2D eigenvalue weighted by atomic mass is 9.43. The fraction of sp³-hybridized carbons (Fsp3) is 0.259. The lowest BCUT2D eigenvalue weighted by Crippen LogP contribution is -2.62. The molecule has 3 nitrogen and oxygen atoms in total. The number of anilines is 8. The third-order valence-corrected chi connectivity index (χ3v) is 21.1. The number of hydrogen-bond acceptors (Lipinski definition) is 3. The minimum Gasteiger partial charge on any atom is -0.376 e. The molecule has 15 rings (SSSR count). The van der Waals surface area contributed by atoms with Crippen LogP contribution in [0.5, 0.6) is 0 Å². The van der Waals surface area contributed by atoms with Gasteiger partial charge < -0.3 is 14.6 Å². The Hall–Kier alpha value is -8.34. The number of aryl methyl sites for hydroxylation is 2.